The molecule has 0 saturated heterocycles. The van der Waals surface area contributed by atoms with Gasteiger partial charge in [0.05, 0.1) is 19.8 Å². The molecule has 0 aromatic carbocycles. The van der Waals surface area contributed by atoms with Crippen LogP contribution in [0.1, 0.15) is 110 Å². The van der Waals surface area contributed by atoms with E-state index in [1.54, 1.807) is 0 Å². The minimum Gasteiger partial charge on any atom is -0.469 e. The Hall–Kier alpha value is -0.260. The van der Waals surface area contributed by atoms with Crippen LogP contribution in [0.25, 0.3) is 0 Å². The van der Waals surface area contributed by atoms with Crippen LogP contribution in [0.4, 0.5) is 0 Å². The third-order valence-electron chi connectivity index (χ3n) is 5.50. The molecule has 168 valence electrons. The van der Waals surface area contributed by atoms with Crippen LogP contribution >= 0.6 is 11.8 Å². The molecule has 1 unspecified atom stereocenters. The largest absolute Gasteiger partial charge is 0.469 e. The summed E-state index contributed by atoms with van der Waals surface area (Å²) in [6.45, 7) is 4.73. The Morgan fingerprint density at radius 2 is 1.61 bits per heavy atom. The Balaban J connectivity index is 3.98. The molecule has 0 rings (SSSR count). The van der Waals surface area contributed by atoms with Crippen LogP contribution in [0.3, 0.4) is 0 Å². The minimum atomic E-state index is -0.180. The first-order valence-electron chi connectivity index (χ1n) is 11.5. The molecule has 0 spiro atoms. The van der Waals surface area contributed by atoms with Crippen molar-refractivity contribution in [1.29, 1.82) is 0 Å². The number of carbonyl (C=O) groups excluding carboxylic acids is 1. The van der Waals surface area contributed by atoms with E-state index in [2.05, 4.69) is 18.6 Å². The van der Waals surface area contributed by atoms with E-state index in [0.29, 0.717) is 6.42 Å². The molecule has 0 aromatic heterocycles. The normalized spacial score (nSPS) is 14.6. The molecule has 5 heteroatoms. The van der Waals surface area contributed by atoms with Gasteiger partial charge in [-0.25, -0.2) is 0 Å². The van der Waals surface area contributed by atoms with Crippen molar-refractivity contribution in [2.24, 2.45) is 0 Å². The van der Waals surface area contributed by atoms with Gasteiger partial charge >= 0.3 is 5.97 Å². The summed E-state index contributed by atoms with van der Waals surface area (Å²) in [5.74, 6) is 0.667. The molecular formula is C23H46O4S. The number of hydrogen-bond acceptors (Lipinski definition) is 5. The van der Waals surface area contributed by atoms with Gasteiger partial charge in [0.15, 0.2) is 0 Å². The summed E-state index contributed by atoms with van der Waals surface area (Å²) in [6.07, 6.45) is 16.0. The van der Waals surface area contributed by atoms with Crippen molar-refractivity contribution in [2.45, 2.75) is 121 Å². The van der Waals surface area contributed by atoms with Gasteiger partial charge in [0.25, 0.3) is 0 Å². The highest BCUT2D eigenvalue weighted by Crippen LogP contribution is 2.36. The lowest BCUT2D eigenvalue weighted by Crippen LogP contribution is -2.24. The SMILES string of the molecule is CCCCCC[C@@H](O)CCC(C)(CCCCCCCCC(=O)OC)SCCO. The first kappa shape index (κ1) is 27.7. The minimum absolute atomic E-state index is 0.107. The van der Waals surface area contributed by atoms with E-state index in [-0.39, 0.29) is 23.4 Å². The van der Waals surface area contributed by atoms with Crippen molar-refractivity contribution in [1.82, 2.24) is 0 Å². The third kappa shape index (κ3) is 16.7. The lowest BCUT2D eigenvalue weighted by Gasteiger charge is -2.30. The Kier molecular flexibility index (Phi) is 18.6. The van der Waals surface area contributed by atoms with E-state index < -0.39 is 0 Å². The maximum atomic E-state index is 11.1. The molecule has 0 amide bonds. The predicted octanol–water partition coefficient (Wildman–Crippen LogP) is 5.88. The van der Waals surface area contributed by atoms with Crippen molar-refractivity contribution < 1.29 is 19.7 Å². The van der Waals surface area contributed by atoms with Crippen LogP contribution in [-0.4, -0.2) is 46.5 Å². The second-order valence-electron chi connectivity index (χ2n) is 8.26. The molecule has 4 nitrogen and oxygen atoms in total. The second-order valence-corrected chi connectivity index (χ2v) is 9.94. The first-order chi connectivity index (χ1) is 13.5. The average Bonchev–Trinajstić information content (AvgIpc) is 2.70. The second kappa shape index (κ2) is 18.7. The fraction of sp³-hybridized carbons (Fsp3) is 0.957. The van der Waals surface area contributed by atoms with Gasteiger partial charge in [-0.15, -0.1) is 0 Å². The molecular weight excluding hydrogens is 372 g/mol. The number of thioether (sulfide) groups is 1. The molecule has 2 N–H and O–H groups in total. The number of rotatable bonds is 20. The van der Waals surface area contributed by atoms with Gasteiger partial charge in [-0.2, -0.15) is 11.8 Å². The highest BCUT2D eigenvalue weighted by Gasteiger charge is 2.25. The van der Waals surface area contributed by atoms with Crippen LogP contribution in [0.2, 0.25) is 0 Å². The average molecular weight is 419 g/mol. The van der Waals surface area contributed by atoms with Crippen molar-refractivity contribution in [2.75, 3.05) is 19.5 Å². The molecule has 0 aliphatic carbocycles. The third-order valence-corrected chi connectivity index (χ3v) is 7.00. The highest BCUT2D eigenvalue weighted by molar-refractivity contribution is 8.00. The summed E-state index contributed by atoms with van der Waals surface area (Å²) in [6, 6.07) is 0. The molecule has 0 bridgehead atoms. The predicted molar refractivity (Wildman–Crippen MR) is 121 cm³/mol. The van der Waals surface area contributed by atoms with Gasteiger partial charge < -0.3 is 14.9 Å². The van der Waals surface area contributed by atoms with Crippen molar-refractivity contribution >= 4 is 17.7 Å². The summed E-state index contributed by atoms with van der Waals surface area (Å²) in [5.41, 5.74) is 0. The van der Waals surface area contributed by atoms with Crippen molar-refractivity contribution in [3.05, 3.63) is 0 Å². The zero-order valence-corrected chi connectivity index (χ0v) is 19.5. The Morgan fingerprint density at radius 1 is 0.964 bits per heavy atom. The molecule has 0 aliphatic rings. The number of unbranched alkanes of at least 4 members (excludes halogenated alkanes) is 8. The van der Waals surface area contributed by atoms with Crippen molar-refractivity contribution in [3.63, 3.8) is 0 Å². The summed E-state index contributed by atoms with van der Waals surface area (Å²) in [7, 11) is 1.44. The Bertz CT molecular complexity index is 365. The number of esters is 1. The molecule has 0 aliphatic heterocycles. The van der Waals surface area contributed by atoms with E-state index in [1.165, 1.54) is 52.1 Å². The van der Waals surface area contributed by atoms with Crippen LogP contribution in [0.15, 0.2) is 0 Å². The molecule has 2 atom stereocenters. The number of carbonyl (C=O) groups is 1. The summed E-state index contributed by atoms with van der Waals surface area (Å²) in [4.78, 5) is 11.1. The molecule has 0 aromatic rings. The zero-order chi connectivity index (χ0) is 21.1. The molecule has 28 heavy (non-hydrogen) atoms. The zero-order valence-electron chi connectivity index (χ0n) is 18.7. The summed E-state index contributed by atoms with van der Waals surface area (Å²) >= 11 is 1.86. The number of aliphatic hydroxyl groups is 2. The lowest BCUT2D eigenvalue weighted by molar-refractivity contribution is -0.140. The van der Waals surface area contributed by atoms with Gasteiger partial charge in [-0.05, 0) is 32.1 Å². The van der Waals surface area contributed by atoms with E-state index >= 15 is 0 Å². The summed E-state index contributed by atoms with van der Waals surface area (Å²) < 4.78 is 4.81. The Morgan fingerprint density at radius 3 is 2.25 bits per heavy atom. The Labute approximate surface area is 178 Å². The van der Waals surface area contributed by atoms with Crippen LogP contribution in [-0.2, 0) is 9.53 Å². The smallest absolute Gasteiger partial charge is 0.305 e. The topological polar surface area (TPSA) is 66.8 Å². The van der Waals surface area contributed by atoms with Gasteiger partial charge in [0.1, 0.15) is 0 Å². The standard InChI is InChI=1S/C23H46O4S/c1-4-5-6-11-14-21(25)16-18-23(2,28-20-19-24)17-13-10-8-7-9-12-15-22(26)27-3/h21,24-25H,4-20H2,1-3H3/t21-,23?/m1/s1. The van der Waals surface area contributed by atoms with Crippen LogP contribution < -0.4 is 0 Å². The molecule has 0 heterocycles. The van der Waals surface area contributed by atoms with Crippen molar-refractivity contribution in [3.8, 4) is 0 Å². The maximum Gasteiger partial charge on any atom is 0.305 e. The number of methoxy groups -OCH3 is 1. The monoisotopic (exact) mass is 418 g/mol. The van der Waals surface area contributed by atoms with E-state index in [1.807, 2.05) is 11.8 Å². The molecule has 0 radical (unpaired) electrons. The number of aliphatic hydroxyl groups excluding tert-OH is 2. The van der Waals surface area contributed by atoms with Gasteiger partial charge in [-0.1, -0.05) is 71.6 Å². The highest BCUT2D eigenvalue weighted by atomic mass is 32.2. The molecule has 0 fully saturated rings. The van der Waals surface area contributed by atoms with Gasteiger partial charge in [0.2, 0.25) is 0 Å². The van der Waals surface area contributed by atoms with Gasteiger partial charge in [-0.3, -0.25) is 4.79 Å². The first-order valence-corrected chi connectivity index (χ1v) is 12.5. The summed E-state index contributed by atoms with van der Waals surface area (Å²) in [5, 5.41) is 19.5. The van der Waals surface area contributed by atoms with E-state index in [4.69, 9.17) is 0 Å². The van der Waals surface area contributed by atoms with E-state index in [9.17, 15) is 15.0 Å². The van der Waals surface area contributed by atoms with Gasteiger partial charge in [0, 0.05) is 16.9 Å². The van der Waals surface area contributed by atoms with Crippen LogP contribution in [0, 0.1) is 0 Å². The fourth-order valence-corrected chi connectivity index (χ4v) is 4.70. The fourth-order valence-electron chi connectivity index (χ4n) is 3.56. The number of ether oxygens (including phenoxy) is 1. The lowest BCUT2D eigenvalue weighted by atomic mass is 9.93. The van der Waals surface area contributed by atoms with E-state index in [0.717, 1.165) is 50.7 Å². The van der Waals surface area contributed by atoms with Crippen LogP contribution in [0.5, 0.6) is 0 Å². The maximum absolute atomic E-state index is 11.1. The number of hydrogen-bond donors (Lipinski definition) is 2. The molecule has 0 saturated carbocycles. The quantitative estimate of drug-likeness (QED) is 0.191.